The fraction of sp³-hybridized carbons (Fsp3) is 0.0476. The first-order valence-corrected chi connectivity index (χ1v) is 9.16. The van der Waals surface area contributed by atoms with Gasteiger partial charge in [0, 0.05) is 11.3 Å². The second-order valence-corrected chi connectivity index (χ2v) is 7.08. The molecule has 8 heteroatoms. The van der Waals surface area contributed by atoms with Gasteiger partial charge in [0.25, 0.3) is 5.91 Å². The predicted octanol–water partition coefficient (Wildman–Crippen LogP) is 6.81. The van der Waals surface area contributed by atoms with E-state index in [1.54, 1.807) is 36.4 Å². The monoisotopic (exact) mass is 434 g/mol. The van der Waals surface area contributed by atoms with Gasteiger partial charge in [0.1, 0.15) is 5.71 Å². The number of aliphatic imine (C=N–C) groups is 1. The molecule has 0 aromatic heterocycles. The average molecular weight is 435 g/mol. The van der Waals surface area contributed by atoms with Crippen LogP contribution in [-0.4, -0.2) is 11.6 Å². The van der Waals surface area contributed by atoms with Gasteiger partial charge in [-0.1, -0.05) is 47.5 Å². The number of amides is 1. The third-order valence-electron chi connectivity index (χ3n) is 4.38. The molecule has 1 heterocycles. The third-order valence-corrected chi connectivity index (χ3v) is 5.12. The molecule has 29 heavy (non-hydrogen) atoms. The number of carbonyl (C=O) groups is 1. The molecule has 3 nitrogen and oxygen atoms in total. The van der Waals surface area contributed by atoms with Crippen molar-refractivity contribution >= 4 is 51.9 Å². The smallest absolute Gasteiger partial charge is 0.275 e. The zero-order valence-electron chi connectivity index (χ0n) is 14.5. The van der Waals surface area contributed by atoms with Crippen LogP contribution in [0.5, 0.6) is 0 Å². The van der Waals surface area contributed by atoms with Gasteiger partial charge in [0.05, 0.1) is 27.0 Å². The summed E-state index contributed by atoms with van der Waals surface area (Å²) in [4.78, 5) is 18.7. The molecule has 0 spiro atoms. The molecule has 0 atom stereocenters. The fourth-order valence-corrected chi connectivity index (χ4v) is 3.36. The van der Waals surface area contributed by atoms with Gasteiger partial charge in [0.15, 0.2) is 0 Å². The van der Waals surface area contributed by atoms with Crippen LogP contribution in [-0.2, 0) is 11.0 Å². The van der Waals surface area contributed by atoms with E-state index in [-0.39, 0.29) is 16.4 Å². The molecule has 0 radical (unpaired) electrons. The highest BCUT2D eigenvalue weighted by Gasteiger charge is 2.37. The van der Waals surface area contributed by atoms with Gasteiger partial charge in [-0.05, 0) is 42.5 Å². The number of benzene rings is 3. The van der Waals surface area contributed by atoms with Crippen LogP contribution in [0.25, 0.3) is 0 Å². The quantitative estimate of drug-likeness (QED) is 0.435. The van der Waals surface area contributed by atoms with Gasteiger partial charge in [-0.2, -0.15) is 13.2 Å². The Morgan fingerprint density at radius 2 is 1.62 bits per heavy atom. The minimum absolute atomic E-state index is 0.108. The number of halogens is 5. The first-order valence-electron chi connectivity index (χ1n) is 8.40. The van der Waals surface area contributed by atoms with Crippen LogP contribution in [0.15, 0.2) is 71.7 Å². The molecule has 0 fully saturated rings. The highest BCUT2D eigenvalue weighted by molar-refractivity contribution is 6.56. The number of fused-ring (bicyclic) bond motifs is 1. The van der Waals surface area contributed by atoms with E-state index in [2.05, 4.69) is 4.99 Å². The number of alkyl halides is 3. The molecular weight excluding hydrogens is 424 g/mol. The Balaban J connectivity index is 1.84. The van der Waals surface area contributed by atoms with Crippen molar-refractivity contribution in [3.63, 3.8) is 0 Å². The summed E-state index contributed by atoms with van der Waals surface area (Å²) in [6, 6.07) is 16.1. The Morgan fingerprint density at radius 1 is 0.862 bits per heavy atom. The van der Waals surface area contributed by atoms with Crippen LogP contribution in [0.2, 0.25) is 10.0 Å². The molecule has 0 saturated carbocycles. The summed E-state index contributed by atoms with van der Waals surface area (Å²) in [6.07, 6.45) is -4.52. The van der Waals surface area contributed by atoms with Gasteiger partial charge < -0.3 is 0 Å². The topological polar surface area (TPSA) is 32.7 Å². The van der Waals surface area contributed by atoms with Gasteiger partial charge in [-0.3, -0.25) is 9.69 Å². The third kappa shape index (κ3) is 3.61. The molecule has 3 aromatic carbocycles. The maximum Gasteiger partial charge on any atom is 0.416 e. The predicted molar refractivity (Wildman–Crippen MR) is 108 cm³/mol. The summed E-state index contributed by atoms with van der Waals surface area (Å²) in [6.45, 7) is 0. The SMILES string of the molecule is O=C1C(=Nc2ccc(Cl)c(Cl)c2)c2ccccc2N1c1cccc(C(F)(F)F)c1. The lowest BCUT2D eigenvalue weighted by atomic mass is 10.1. The van der Waals surface area contributed by atoms with E-state index in [0.29, 0.717) is 22.0 Å². The fourth-order valence-electron chi connectivity index (χ4n) is 3.07. The molecule has 1 aliphatic heterocycles. The van der Waals surface area contributed by atoms with Crippen LogP contribution in [0.1, 0.15) is 11.1 Å². The van der Waals surface area contributed by atoms with Gasteiger partial charge in [-0.15, -0.1) is 0 Å². The van der Waals surface area contributed by atoms with Crippen molar-refractivity contribution in [2.24, 2.45) is 4.99 Å². The van der Waals surface area contributed by atoms with Gasteiger partial charge >= 0.3 is 6.18 Å². The van der Waals surface area contributed by atoms with Crippen molar-refractivity contribution in [3.05, 3.63) is 87.9 Å². The van der Waals surface area contributed by atoms with Crippen molar-refractivity contribution < 1.29 is 18.0 Å². The average Bonchev–Trinajstić information content (AvgIpc) is 2.96. The lowest BCUT2D eigenvalue weighted by molar-refractivity contribution is -0.137. The zero-order valence-corrected chi connectivity index (χ0v) is 16.1. The lowest BCUT2D eigenvalue weighted by Gasteiger charge is -2.18. The largest absolute Gasteiger partial charge is 0.416 e. The lowest BCUT2D eigenvalue weighted by Crippen LogP contribution is -2.25. The van der Waals surface area contributed by atoms with E-state index in [0.717, 1.165) is 12.1 Å². The second kappa shape index (κ2) is 7.21. The molecule has 0 N–H and O–H groups in total. The highest BCUT2D eigenvalue weighted by Crippen LogP contribution is 2.39. The van der Waals surface area contributed by atoms with Crippen LogP contribution in [0.3, 0.4) is 0 Å². The van der Waals surface area contributed by atoms with Crippen LogP contribution < -0.4 is 4.90 Å². The molecule has 1 amide bonds. The minimum Gasteiger partial charge on any atom is -0.275 e. The van der Waals surface area contributed by atoms with E-state index in [4.69, 9.17) is 23.2 Å². The van der Waals surface area contributed by atoms with Gasteiger partial charge in [-0.25, -0.2) is 4.99 Å². The normalized spacial score (nSPS) is 15.1. The highest BCUT2D eigenvalue weighted by atomic mass is 35.5. The molecule has 0 unspecified atom stereocenters. The first-order chi connectivity index (χ1) is 13.8. The Morgan fingerprint density at radius 3 is 2.34 bits per heavy atom. The Kier molecular flexibility index (Phi) is 4.84. The number of carbonyl (C=O) groups excluding carboxylic acids is 1. The van der Waals surface area contributed by atoms with E-state index < -0.39 is 17.6 Å². The standard InChI is InChI=1S/C21H11Cl2F3N2O/c22-16-9-8-13(11-17(16)23)27-19-15-6-1-2-7-18(15)28(20(19)29)14-5-3-4-12(10-14)21(24,25)26/h1-11H. The van der Waals surface area contributed by atoms with Crippen LogP contribution in [0, 0.1) is 0 Å². The molecule has 1 aliphatic rings. The van der Waals surface area contributed by atoms with Crippen molar-refractivity contribution in [2.45, 2.75) is 6.18 Å². The minimum atomic E-state index is -4.52. The number of anilines is 2. The molecule has 0 saturated heterocycles. The molecule has 0 aliphatic carbocycles. The zero-order chi connectivity index (χ0) is 20.8. The number of nitrogens with zero attached hydrogens (tertiary/aromatic N) is 2. The number of hydrogen-bond donors (Lipinski definition) is 0. The number of para-hydroxylation sites is 1. The summed E-state index contributed by atoms with van der Waals surface area (Å²) >= 11 is 11.9. The Hall–Kier alpha value is -2.83. The molecule has 3 aromatic rings. The maximum absolute atomic E-state index is 13.1. The summed E-state index contributed by atoms with van der Waals surface area (Å²) < 4.78 is 39.4. The number of rotatable bonds is 2. The summed E-state index contributed by atoms with van der Waals surface area (Å²) in [5, 5.41) is 0.626. The molecule has 4 rings (SSSR count). The summed E-state index contributed by atoms with van der Waals surface area (Å²) in [5.41, 5.74) is 0.753. The van der Waals surface area contributed by atoms with Crippen molar-refractivity contribution in [3.8, 4) is 0 Å². The Bertz CT molecular complexity index is 1160. The summed E-state index contributed by atoms with van der Waals surface area (Å²) in [7, 11) is 0. The van der Waals surface area contributed by atoms with Gasteiger partial charge in [0.2, 0.25) is 0 Å². The Labute approximate surface area is 174 Å². The van der Waals surface area contributed by atoms with Crippen molar-refractivity contribution in [2.75, 3.05) is 4.90 Å². The van der Waals surface area contributed by atoms with E-state index in [1.165, 1.54) is 23.1 Å². The van der Waals surface area contributed by atoms with E-state index in [1.807, 2.05) is 0 Å². The van der Waals surface area contributed by atoms with Crippen LogP contribution >= 0.6 is 23.2 Å². The number of hydrogen-bond acceptors (Lipinski definition) is 2. The summed E-state index contributed by atoms with van der Waals surface area (Å²) in [5.74, 6) is -0.531. The van der Waals surface area contributed by atoms with Crippen molar-refractivity contribution in [1.82, 2.24) is 0 Å². The maximum atomic E-state index is 13.1. The van der Waals surface area contributed by atoms with Crippen molar-refractivity contribution in [1.29, 1.82) is 0 Å². The molecule has 0 bridgehead atoms. The molecule has 146 valence electrons. The van der Waals surface area contributed by atoms with Crippen LogP contribution in [0.4, 0.5) is 30.2 Å². The van der Waals surface area contributed by atoms with E-state index >= 15 is 0 Å². The molecular formula is C21H11Cl2F3N2O. The van der Waals surface area contributed by atoms with E-state index in [9.17, 15) is 18.0 Å². The first kappa shape index (κ1) is 19.5. The second-order valence-electron chi connectivity index (χ2n) is 6.26.